The highest BCUT2D eigenvalue weighted by Crippen LogP contribution is 2.34. The number of nitrogens with zero attached hydrogens (tertiary/aromatic N) is 1. The van der Waals surface area contributed by atoms with E-state index in [1.807, 2.05) is 0 Å². The van der Waals surface area contributed by atoms with Gasteiger partial charge >= 0.3 is 0 Å². The van der Waals surface area contributed by atoms with Gasteiger partial charge in [-0.1, -0.05) is 46.4 Å². The Bertz CT molecular complexity index is 857. The molecule has 2 amide bonds. The Kier molecular flexibility index (Phi) is 5.44. The van der Waals surface area contributed by atoms with E-state index in [0.717, 1.165) is 0 Å². The Morgan fingerprint density at radius 3 is 2.36 bits per heavy atom. The molecule has 0 saturated carbocycles. The van der Waals surface area contributed by atoms with Gasteiger partial charge < -0.3 is 10.2 Å². The van der Waals surface area contributed by atoms with E-state index in [2.05, 4.69) is 5.32 Å². The predicted molar refractivity (Wildman–Crippen MR) is 102 cm³/mol. The minimum absolute atomic E-state index is 0.0763. The highest BCUT2D eigenvalue weighted by Gasteiger charge is 2.36. The number of anilines is 2. The summed E-state index contributed by atoms with van der Waals surface area (Å²) >= 11 is 24.1. The van der Waals surface area contributed by atoms with Crippen molar-refractivity contribution in [2.45, 2.75) is 6.42 Å². The van der Waals surface area contributed by atoms with Crippen LogP contribution < -0.4 is 10.2 Å². The summed E-state index contributed by atoms with van der Waals surface area (Å²) in [5.41, 5.74) is 0.904. The molecule has 0 unspecified atom stereocenters. The number of carbonyl (C=O) groups excluding carboxylic acids is 2. The van der Waals surface area contributed by atoms with Gasteiger partial charge in [0.05, 0.1) is 27.3 Å². The van der Waals surface area contributed by atoms with Crippen LogP contribution in [0.5, 0.6) is 0 Å². The molecule has 0 bridgehead atoms. The molecule has 1 heterocycles. The minimum atomic E-state index is -0.530. The van der Waals surface area contributed by atoms with Crippen molar-refractivity contribution in [1.82, 2.24) is 0 Å². The van der Waals surface area contributed by atoms with Gasteiger partial charge in [-0.05, 0) is 36.4 Å². The molecule has 0 aliphatic carbocycles. The van der Waals surface area contributed by atoms with Gasteiger partial charge in [0.1, 0.15) is 0 Å². The quantitative estimate of drug-likeness (QED) is 0.737. The zero-order valence-corrected chi connectivity index (χ0v) is 15.8. The number of benzene rings is 2. The van der Waals surface area contributed by atoms with E-state index in [-0.39, 0.29) is 24.8 Å². The fourth-order valence-electron chi connectivity index (χ4n) is 2.64. The highest BCUT2D eigenvalue weighted by molar-refractivity contribution is 6.36. The molecule has 0 aromatic heterocycles. The second-order valence-electron chi connectivity index (χ2n) is 5.61. The molecule has 3 rings (SSSR count). The van der Waals surface area contributed by atoms with E-state index in [1.54, 1.807) is 36.4 Å². The van der Waals surface area contributed by atoms with Crippen molar-refractivity contribution in [3.8, 4) is 0 Å². The minimum Gasteiger partial charge on any atom is -0.324 e. The lowest BCUT2D eigenvalue weighted by Gasteiger charge is -2.18. The lowest BCUT2D eigenvalue weighted by molar-refractivity contribution is -0.122. The molecule has 2 aromatic carbocycles. The zero-order valence-electron chi connectivity index (χ0n) is 12.7. The summed E-state index contributed by atoms with van der Waals surface area (Å²) in [4.78, 5) is 26.3. The van der Waals surface area contributed by atoms with Crippen LogP contribution in [0.25, 0.3) is 0 Å². The third kappa shape index (κ3) is 4.04. The Labute approximate surface area is 164 Å². The Morgan fingerprint density at radius 1 is 1.00 bits per heavy atom. The maximum atomic E-state index is 12.5. The number of halogens is 4. The van der Waals surface area contributed by atoms with Crippen LogP contribution in [0, 0.1) is 5.92 Å². The molecular formula is C17H12Cl4N2O2. The van der Waals surface area contributed by atoms with Gasteiger partial charge in [-0.15, -0.1) is 0 Å². The summed E-state index contributed by atoms with van der Waals surface area (Å²) in [5.74, 6) is -1.03. The van der Waals surface area contributed by atoms with E-state index in [9.17, 15) is 9.59 Å². The van der Waals surface area contributed by atoms with Gasteiger partial charge in [0.15, 0.2) is 0 Å². The Morgan fingerprint density at radius 2 is 1.64 bits per heavy atom. The summed E-state index contributed by atoms with van der Waals surface area (Å²) < 4.78 is 0. The summed E-state index contributed by atoms with van der Waals surface area (Å²) in [6.45, 7) is 0.211. The number of amides is 2. The van der Waals surface area contributed by atoms with E-state index in [4.69, 9.17) is 46.4 Å². The molecule has 1 fully saturated rings. The van der Waals surface area contributed by atoms with Crippen LogP contribution in [0.4, 0.5) is 11.4 Å². The van der Waals surface area contributed by atoms with Crippen LogP contribution in [-0.4, -0.2) is 18.4 Å². The van der Waals surface area contributed by atoms with E-state index < -0.39 is 5.92 Å². The van der Waals surface area contributed by atoms with Crippen molar-refractivity contribution in [1.29, 1.82) is 0 Å². The summed E-state index contributed by atoms with van der Waals surface area (Å²) in [6.07, 6.45) is 0.0763. The monoisotopic (exact) mass is 416 g/mol. The number of carbonyl (C=O) groups is 2. The third-order valence-corrected chi connectivity index (χ3v) is 5.00. The molecule has 1 saturated heterocycles. The van der Waals surface area contributed by atoms with Crippen LogP contribution >= 0.6 is 46.4 Å². The standard InChI is InChI=1S/C17H12Cl4N2O2/c18-10-1-3-12(20)14(6-10)22-17(25)9-5-16(24)23(8-9)15-7-11(19)2-4-13(15)21/h1-4,6-7,9H,5,8H2,(H,22,25)/t9-/m1/s1. The molecule has 0 radical (unpaired) electrons. The van der Waals surface area contributed by atoms with E-state index in [1.165, 1.54) is 4.90 Å². The summed E-state index contributed by atoms with van der Waals surface area (Å²) in [5, 5.41) is 4.41. The summed E-state index contributed by atoms with van der Waals surface area (Å²) in [7, 11) is 0. The molecule has 0 spiro atoms. The van der Waals surface area contributed by atoms with Crippen LogP contribution in [0.3, 0.4) is 0 Å². The Balaban J connectivity index is 1.77. The number of hydrogen-bond acceptors (Lipinski definition) is 2. The van der Waals surface area contributed by atoms with Gasteiger partial charge in [-0.25, -0.2) is 0 Å². The van der Waals surface area contributed by atoms with Crippen LogP contribution in [0.2, 0.25) is 20.1 Å². The topological polar surface area (TPSA) is 49.4 Å². The van der Waals surface area contributed by atoms with E-state index >= 15 is 0 Å². The molecule has 1 atom stereocenters. The van der Waals surface area contributed by atoms with Crippen molar-refractivity contribution < 1.29 is 9.59 Å². The first-order valence-electron chi connectivity index (χ1n) is 7.36. The van der Waals surface area contributed by atoms with Crippen molar-refractivity contribution in [3.05, 3.63) is 56.5 Å². The Hall–Kier alpha value is -1.46. The van der Waals surface area contributed by atoms with Crippen molar-refractivity contribution in [2.24, 2.45) is 5.92 Å². The molecule has 8 heteroatoms. The predicted octanol–water partition coefficient (Wildman–Crippen LogP) is 5.29. The first-order chi connectivity index (χ1) is 11.8. The maximum Gasteiger partial charge on any atom is 0.229 e. The van der Waals surface area contributed by atoms with E-state index in [0.29, 0.717) is 31.5 Å². The fourth-order valence-corrected chi connectivity index (χ4v) is 3.36. The largest absolute Gasteiger partial charge is 0.324 e. The van der Waals surface area contributed by atoms with Crippen LogP contribution in [0.15, 0.2) is 36.4 Å². The van der Waals surface area contributed by atoms with Crippen molar-refractivity contribution >= 4 is 69.6 Å². The fraction of sp³-hybridized carbons (Fsp3) is 0.176. The first kappa shape index (κ1) is 18.3. The van der Waals surface area contributed by atoms with Crippen LogP contribution in [0.1, 0.15) is 6.42 Å². The van der Waals surface area contributed by atoms with Crippen LogP contribution in [-0.2, 0) is 9.59 Å². The van der Waals surface area contributed by atoms with Gasteiger partial charge in [0, 0.05) is 23.0 Å². The average molecular weight is 418 g/mol. The molecule has 1 N–H and O–H groups in total. The van der Waals surface area contributed by atoms with Gasteiger partial charge in [-0.3, -0.25) is 9.59 Å². The highest BCUT2D eigenvalue weighted by atomic mass is 35.5. The lowest BCUT2D eigenvalue weighted by atomic mass is 10.1. The normalized spacial score (nSPS) is 17.0. The smallest absolute Gasteiger partial charge is 0.229 e. The molecular weight excluding hydrogens is 406 g/mol. The number of hydrogen-bond donors (Lipinski definition) is 1. The second-order valence-corrected chi connectivity index (χ2v) is 7.30. The zero-order chi connectivity index (χ0) is 18.1. The molecule has 1 aliphatic heterocycles. The molecule has 1 aliphatic rings. The maximum absolute atomic E-state index is 12.5. The molecule has 130 valence electrons. The number of nitrogens with one attached hydrogen (secondary N) is 1. The average Bonchev–Trinajstić information content (AvgIpc) is 2.95. The lowest BCUT2D eigenvalue weighted by Crippen LogP contribution is -2.28. The number of rotatable bonds is 3. The third-order valence-electron chi connectivity index (χ3n) is 3.88. The molecule has 2 aromatic rings. The van der Waals surface area contributed by atoms with Crippen molar-refractivity contribution in [2.75, 3.05) is 16.8 Å². The summed E-state index contributed by atoms with van der Waals surface area (Å²) in [6, 6.07) is 9.64. The van der Waals surface area contributed by atoms with Gasteiger partial charge in [0.25, 0.3) is 0 Å². The second kappa shape index (κ2) is 7.42. The molecule has 4 nitrogen and oxygen atoms in total. The van der Waals surface area contributed by atoms with Gasteiger partial charge in [0.2, 0.25) is 11.8 Å². The van der Waals surface area contributed by atoms with Gasteiger partial charge in [-0.2, -0.15) is 0 Å². The SMILES string of the molecule is O=C(Nc1cc(Cl)ccc1Cl)[C@@H]1CC(=O)N(c2cc(Cl)ccc2Cl)C1. The van der Waals surface area contributed by atoms with Crippen molar-refractivity contribution in [3.63, 3.8) is 0 Å². The molecule has 25 heavy (non-hydrogen) atoms. The first-order valence-corrected chi connectivity index (χ1v) is 8.87.